The highest BCUT2D eigenvalue weighted by atomic mass is 16.4. The maximum atomic E-state index is 13.1. The number of rotatable bonds is 20. The van der Waals surface area contributed by atoms with Gasteiger partial charge in [-0.1, -0.05) is 13.8 Å². The Hall–Kier alpha value is -4.15. The van der Waals surface area contributed by atoms with Crippen LogP contribution in [0.1, 0.15) is 58.8 Å². The third-order valence-electron chi connectivity index (χ3n) is 5.52. The lowest BCUT2D eigenvalue weighted by Crippen LogP contribution is -2.57. The molecule has 0 fully saturated rings. The molecule has 40 heavy (non-hydrogen) atoms. The van der Waals surface area contributed by atoms with E-state index in [1.165, 1.54) is 0 Å². The lowest BCUT2D eigenvalue weighted by atomic mass is 10.0. The van der Waals surface area contributed by atoms with Crippen molar-refractivity contribution in [2.24, 2.45) is 50.3 Å². The van der Waals surface area contributed by atoms with E-state index < -0.39 is 53.8 Å². The number of carboxylic acids is 1. The number of hydrogen-bond donors (Lipinski definition) is 10. The fraction of sp³-hybridized carbons (Fsp3) is 0.696. The Morgan fingerprint density at radius 2 is 1.18 bits per heavy atom. The summed E-state index contributed by atoms with van der Waals surface area (Å²) < 4.78 is 0. The van der Waals surface area contributed by atoms with Crippen molar-refractivity contribution < 1.29 is 29.1 Å². The molecule has 0 aliphatic carbocycles. The summed E-state index contributed by atoms with van der Waals surface area (Å²) in [7, 11) is 0. The molecule has 0 aromatic carbocycles. The Kier molecular flexibility index (Phi) is 17.0. The van der Waals surface area contributed by atoms with Gasteiger partial charge in [0, 0.05) is 19.5 Å². The van der Waals surface area contributed by atoms with Gasteiger partial charge in [0.2, 0.25) is 23.6 Å². The molecule has 4 atom stereocenters. The van der Waals surface area contributed by atoms with Crippen molar-refractivity contribution in [1.82, 2.24) is 16.0 Å². The highest BCUT2D eigenvalue weighted by Gasteiger charge is 2.30. The molecule has 16 N–H and O–H groups in total. The molecule has 0 aliphatic rings. The Morgan fingerprint density at radius 1 is 0.700 bits per heavy atom. The van der Waals surface area contributed by atoms with Gasteiger partial charge in [0.05, 0.1) is 6.04 Å². The van der Waals surface area contributed by atoms with Crippen LogP contribution in [0.5, 0.6) is 0 Å². The molecule has 0 radical (unpaired) electrons. The second-order valence-corrected chi connectivity index (χ2v) is 9.66. The number of nitrogens with zero attached hydrogens (tertiary/aromatic N) is 2. The minimum Gasteiger partial charge on any atom is -0.480 e. The van der Waals surface area contributed by atoms with E-state index in [4.69, 9.17) is 34.4 Å². The third-order valence-corrected chi connectivity index (χ3v) is 5.52. The number of carbonyl (C=O) groups excluding carboxylic acids is 4. The molecule has 4 amide bonds. The average Bonchev–Trinajstić information content (AvgIpc) is 2.84. The Morgan fingerprint density at radius 3 is 1.65 bits per heavy atom. The minimum atomic E-state index is -1.27. The molecule has 228 valence electrons. The van der Waals surface area contributed by atoms with Gasteiger partial charge in [-0.2, -0.15) is 0 Å². The summed E-state index contributed by atoms with van der Waals surface area (Å²) >= 11 is 0. The molecule has 0 aliphatic heterocycles. The summed E-state index contributed by atoms with van der Waals surface area (Å²) in [4.78, 5) is 69.4. The van der Waals surface area contributed by atoms with Crippen LogP contribution in [0.25, 0.3) is 0 Å². The Bertz CT molecular complexity index is 917. The molecular weight excluding hydrogens is 526 g/mol. The summed E-state index contributed by atoms with van der Waals surface area (Å²) in [5.74, 6) is -4.43. The monoisotopic (exact) mass is 571 g/mol. The maximum Gasteiger partial charge on any atom is 0.326 e. The van der Waals surface area contributed by atoms with Crippen LogP contribution < -0.4 is 50.4 Å². The van der Waals surface area contributed by atoms with Crippen molar-refractivity contribution in [2.75, 3.05) is 13.1 Å². The van der Waals surface area contributed by atoms with Gasteiger partial charge in [-0.15, -0.1) is 0 Å². The van der Waals surface area contributed by atoms with Crippen molar-refractivity contribution in [3.05, 3.63) is 0 Å². The zero-order valence-corrected chi connectivity index (χ0v) is 23.1. The molecule has 0 rings (SSSR count). The van der Waals surface area contributed by atoms with Gasteiger partial charge >= 0.3 is 5.97 Å². The fourth-order valence-corrected chi connectivity index (χ4v) is 3.49. The lowest BCUT2D eigenvalue weighted by molar-refractivity contribution is -0.142. The second-order valence-electron chi connectivity index (χ2n) is 9.66. The number of nitrogens with two attached hydrogens (primary N) is 6. The van der Waals surface area contributed by atoms with E-state index in [0.717, 1.165) is 0 Å². The molecule has 0 aromatic rings. The molecule has 0 aromatic heterocycles. The zero-order chi connectivity index (χ0) is 30.8. The van der Waals surface area contributed by atoms with Crippen molar-refractivity contribution in [3.63, 3.8) is 0 Å². The maximum absolute atomic E-state index is 13.1. The molecule has 17 heteroatoms. The van der Waals surface area contributed by atoms with Crippen LogP contribution in [0.4, 0.5) is 0 Å². The number of nitrogens with one attached hydrogen (secondary N) is 3. The predicted molar refractivity (Wildman–Crippen MR) is 149 cm³/mol. The summed E-state index contributed by atoms with van der Waals surface area (Å²) in [6, 6.07) is -4.62. The Balaban J connectivity index is 5.49. The number of carbonyl (C=O) groups is 5. The molecule has 0 bridgehead atoms. The van der Waals surface area contributed by atoms with E-state index in [9.17, 15) is 29.1 Å². The van der Waals surface area contributed by atoms with Crippen LogP contribution >= 0.6 is 0 Å². The second kappa shape index (κ2) is 19.0. The van der Waals surface area contributed by atoms with E-state index >= 15 is 0 Å². The smallest absolute Gasteiger partial charge is 0.326 e. The first-order valence-electron chi connectivity index (χ1n) is 12.9. The Labute approximate surface area is 233 Å². The van der Waals surface area contributed by atoms with E-state index in [-0.39, 0.29) is 69.5 Å². The van der Waals surface area contributed by atoms with Crippen molar-refractivity contribution in [1.29, 1.82) is 0 Å². The lowest BCUT2D eigenvalue weighted by Gasteiger charge is -2.26. The van der Waals surface area contributed by atoms with Crippen LogP contribution in [-0.2, 0) is 24.0 Å². The molecular formula is C23H45N11O6. The van der Waals surface area contributed by atoms with Crippen LogP contribution in [-0.4, -0.2) is 83.9 Å². The molecule has 17 nitrogen and oxygen atoms in total. The van der Waals surface area contributed by atoms with Crippen LogP contribution in [0.3, 0.4) is 0 Å². The van der Waals surface area contributed by atoms with Gasteiger partial charge in [0.1, 0.15) is 18.1 Å². The summed E-state index contributed by atoms with van der Waals surface area (Å²) in [5, 5.41) is 17.0. The van der Waals surface area contributed by atoms with Crippen molar-refractivity contribution in [2.45, 2.75) is 83.0 Å². The van der Waals surface area contributed by atoms with Gasteiger partial charge in [0.25, 0.3) is 0 Å². The summed E-state index contributed by atoms with van der Waals surface area (Å²) in [6.45, 7) is 4.05. The quantitative estimate of drug-likeness (QED) is 0.0384. The first-order valence-corrected chi connectivity index (χ1v) is 12.9. The largest absolute Gasteiger partial charge is 0.480 e. The van der Waals surface area contributed by atoms with Gasteiger partial charge < -0.3 is 55.5 Å². The average molecular weight is 572 g/mol. The number of hydrogen-bond acceptors (Lipinski definition) is 8. The SMILES string of the molecule is CC(C)C[C@H](NC(=O)[C@H](CCC(N)=O)NC(=O)[C@@H](N)CCCN=C(N)N)C(=O)N[C@@H](CCCN=C(N)N)C(=O)O. The highest BCUT2D eigenvalue weighted by molar-refractivity contribution is 5.94. The van der Waals surface area contributed by atoms with E-state index in [1.54, 1.807) is 0 Å². The standard InChI is InChI=1S/C23H45N11O6/c1-12(2)11-16(20(38)33-15(21(39)40)6-4-10-31-23(28)29)34-19(37)14(7-8-17(25)35)32-18(36)13(24)5-3-9-30-22(26)27/h12-16H,3-11,24H2,1-2H3,(H2,25,35)(H,32,36)(H,33,38)(H,34,37)(H,39,40)(H4,26,27,30)(H4,28,29,31)/t13-,14-,15-,16-/m0/s1. The molecule has 0 spiro atoms. The predicted octanol–water partition coefficient (Wildman–Crippen LogP) is -3.73. The summed E-state index contributed by atoms with van der Waals surface area (Å²) in [6.07, 6.45) is 0.728. The van der Waals surface area contributed by atoms with Gasteiger partial charge in [-0.3, -0.25) is 29.2 Å². The number of aliphatic carboxylic acids is 1. The number of aliphatic imine (C=N–C) groups is 2. The highest BCUT2D eigenvalue weighted by Crippen LogP contribution is 2.09. The minimum absolute atomic E-state index is 0.0402. The molecule has 0 saturated carbocycles. The van der Waals surface area contributed by atoms with Crippen LogP contribution in [0.15, 0.2) is 9.98 Å². The van der Waals surface area contributed by atoms with Crippen molar-refractivity contribution >= 4 is 41.5 Å². The normalized spacial score (nSPS) is 13.7. The molecule has 0 saturated heterocycles. The first-order chi connectivity index (χ1) is 18.6. The van der Waals surface area contributed by atoms with E-state index in [0.29, 0.717) is 6.42 Å². The van der Waals surface area contributed by atoms with Gasteiger partial charge in [-0.05, 0) is 44.4 Å². The van der Waals surface area contributed by atoms with Crippen LogP contribution in [0.2, 0.25) is 0 Å². The fourth-order valence-electron chi connectivity index (χ4n) is 3.49. The zero-order valence-electron chi connectivity index (χ0n) is 23.1. The number of carboxylic acid groups (broad SMARTS) is 1. The molecule has 0 unspecified atom stereocenters. The van der Waals surface area contributed by atoms with E-state index in [1.807, 2.05) is 13.8 Å². The molecule has 0 heterocycles. The number of amides is 4. The van der Waals surface area contributed by atoms with Crippen LogP contribution in [0, 0.1) is 5.92 Å². The van der Waals surface area contributed by atoms with Crippen molar-refractivity contribution in [3.8, 4) is 0 Å². The number of primary amides is 1. The number of guanidine groups is 2. The first kappa shape index (κ1) is 35.9. The summed E-state index contributed by atoms with van der Waals surface area (Å²) in [5.41, 5.74) is 32.2. The van der Waals surface area contributed by atoms with E-state index in [2.05, 4.69) is 25.9 Å². The van der Waals surface area contributed by atoms with Gasteiger partial charge in [0.15, 0.2) is 11.9 Å². The topological polar surface area (TPSA) is 323 Å². The third kappa shape index (κ3) is 16.6. The van der Waals surface area contributed by atoms with Gasteiger partial charge in [-0.25, -0.2) is 4.79 Å².